The van der Waals surface area contributed by atoms with E-state index in [0.29, 0.717) is 18.8 Å². The van der Waals surface area contributed by atoms with Crippen molar-refractivity contribution in [3.8, 4) is 0 Å². The molecule has 1 aliphatic heterocycles. The first kappa shape index (κ1) is 20.4. The van der Waals surface area contributed by atoms with Crippen LogP contribution in [0.1, 0.15) is 17.8 Å². The predicted octanol–water partition coefficient (Wildman–Crippen LogP) is 1.47. The summed E-state index contributed by atoms with van der Waals surface area (Å²) in [5.41, 5.74) is 0.115. The minimum atomic E-state index is -3.74. The Balaban J connectivity index is 1.68. The molecule has 0 radical (unpaired) electrons. The SMILES string of the molecule is Cc1nc(S(=O)(=O)N2CCCN(C(=O)Cc3ccc(F)cc3F)CC2)cn1C. The van der Waals surface area contributed by atoms with Gasteiger partial charge in [-0.3, -0.25) is 4.79 Å². The highest BCUT2D eigenvalue weighted by molar-refractivity contribution is 7.89. The van der Waals surface area contributed by atoms with Gasteiger partial charge in [0.25, 0.3) is 10.0 Å². The quantitative estimate of drug-likeness (QED) is 0.762. The smallest absolute Gasteiger partial charge is 0.262 e. The summed E-state index contributed by atoms with van der Waals surface area (Å²) in [5, 5.41) is -0.0133. The number of carbonyl (C=O) groups is 1. The third-order valence-electron chi connectivity index (χ3n) is 4.86. The van der Waals surface area contributed by atoms with Crippen LogP contribution in [-0.2, 0) is 28.3 Å². The summed E-state index contributed by atoms with van der Waals surface area (Å²) in [6.07, 6.45) is 1.73. The molecular weight excluding hydrogens is 390 g/mol. The number of sulfonamides is 1. The molecule has 1 fully saturated rings. The number of aromatic nitrogens is 2. The van der Waals surface area contributed by atoms with Crippen LogP contribution in [0.2, 0.25) is 0 Å². The molecule has 0 atom stereocenters. The van der Waals surface area contributed by atoms with Gasteiger partial charge in [-0.1, -0.05) is 6.07 Å². The van der Waals surface area contributed by atoms with Gasteiger partial charge in [-0.05, 0) is 25.0 Å². The molecule has 152 valence electrons. The molecule has 0 N–H and O–H groups in total. The number of hydrogen-bond donors (Lipinski definition) is 0. The third-order valence-corrected chi connectivity index (χ3v) is 6.63. The highest BCUT2D eigenvalue weighted by Crippen LogP contribution is 2.18. The molecule has 1 saturated heterocycles. The average Bonchev–Trinajstić information content (AvgIpc) is 2.85. The molecule has 28 heavy (non-hydrogen) atoms. The largest absolute Gasteiger partial charge is 0.341 e. The number of nitrogens with zero attached hydrogens (tertiary/aromatic N) is 4. The Bertz CT molecular complexity index is 971. The molecule has 2 heterocycles. The van der Waals surface area contributed by atoms with Crippen LogP contribution in [0.25, 0.3) is 0 Å². The Morgan fingerprint density at radius 1 is 1.18 bits per heavy atom. The molecule has 1 aromatic heterocycles. The monoisotopic (exact) mass is 412 g/mol. The van der Waals surface area contributed by atoms with Crippen molar-refractivity contribution in [1.82, 2.24) is 18.8 Å². The molecule has 0 saturated carbocycles. The number of imidazole rings is 1. The summed E-state index contributed by atoms with van der Waals surface area (Å²) in [6.45, 7) is 2.69. The van der Waals surface area contributed by atoms with Gasteiger partial charge < -0.3 is 9.47 Å². The van der Waals surface area contributed by atoms with Crippen LogP contribution in [0.4, 0.5) is 8.78 Å². The van der Waals surface area contributed by atoms with Crippen LogP contribution in [0.3, 0.4) is 0 Å². The van der Waals surface area contributed by atoms with Gasteiger partial charge in [0.15, 0.2) is 5.03 Å². The van der Waals surface area contributed by atoms with Crippen molar-refractivity contribution < 1.29 is 22.0 Å². The molecule has 3 rings (SSSR count). The van der Waals surface area contributed by atoms with Gasteiger partial charge >= 0.3 is 0 Å². The number of benzene rings is 1. The van der Waals surface area contributed by atoms with E-state index in [4.69, 9.17) is 0 Å². The second-order valence-electron chi connectivity index (χ2n) is 6.79. The van der Waals surface area contributed by atoms with E-state index in [-0.39, 0.29) is 42.6 Å². The molecule has 1 aromatic carbocycles. The predicted molar refractivity (Wildman–Crippen MR) is 98.0 cm³/mol. The van der Waals surface area contributed by atoms with Crippen molar-refractivity contribution in [3.63, 3.8) is 0 Å². The Morgan fingerprint density at radius 2 is 1.93 bits per heavy atom. The van der Waals surface area contributed by atoms with Crippen molar-refractivity contribution in [2.75, 3.05) is 26.2 Å². The first-order valence-corrected chi connectivity index (χ1v) is 10.3. The zero-order chi connectivity index (χ0) is 20.5. The van der Waals surface area contributed by atoms with Crippen LogP contribution in [0, 0.1) is 18.6 Å². The summed E-state index contributed by atoms with van der Waals surface area (Å²) in [4.78, 5) is 18.1. The summed E-state index contributed by atoms with van der Waals surface area (Å²) in [5.74, 6) is -1.20. The van der Waals surface area contributed by atoms with Crippen LogP contribution >= 0.6 is 0 Å². The fraction of sp³-hybridized carbons (Fsp3) is 0.444. The lowest BCUT2D eigenvalue weighted by molar-refractivity contribution is -0.130. The number of aryl methyl sites for hydroxylation is 2. The minimum absolute atomic E-state index is 0.0133. The average molecular weight is 412 g/mol. The van der Waals surface area contributed by atoms with Gasteiger partial charge in [-0.2, -0.15) is 4.31 Å². The van der Waals surface area contributed by atoms with E-state index in [0.717, 1.165) is 12.1 Å². The zero-order valence-electron chi connectivity index (χ0n) is 15.7. The highest BCUT2D eigenvalue weighted by Gasteiger charge is 2.30. The zero-order valence-corrected chi connectivity index (χ0v) is 16.5. The summed E-state index contributed by atoms with van der Waals surface area (Å²) in [6, 6.07) is 3.10. The lowest BCUT2D eigenvalue weighted by atomic mass is 10.1. The first-order valence-electron chi connectivity index (χ1n) is 8.90. The lowest BCUT2D eigenvalue weighted by Crippen LogP contribution is -2.38. The maximum Gasteiger partial charge on any atom is 0.262 e. The number of halogens is 2. The van der Waals surface area contributed by atoms with E-state index in [1.165, 1.54) is 21.5 Å². The highest BCUT2D eigenvalue weighted by atomic mass is 32.2. The minimum Gasteiger partial charge on any atom is -0.341 e. The normalized spacial score (nSPS) is 16.2. The number of rotatable bonds is 4. The maximum absolute atomic E-state index is 13.8. The molecule has 0 spiro atoms. The third kappa shape index (κ3) is 4.22. The van der Waals surface area contributed by atoms with Crippen molar-refractivity contribution >= 4 is 15.9 Å². The van der Waals surface area contributed by atoms with Gasteiger partial charge in [-0.25, -0.2) is 22.2 Å². The van der Waals surface area contributed by atoms with Crippen LogP contribution in [0.5, 0.6) is 0 Å². The summed E-state index contributed by atoms with van der Waals surface area (Å²) >= 11 is 0. The standard InChI is InChI=1S/C18H22F2N4O3S/c1-13-21-17(12-22(13)2)28(26,27)24-7-3-6-23(8-9-24)18(25)10-14-4-5-15(19)11-16(14)20/h4-5,11-12H,3,6-10H2,1-2H3. The number of hydrogen-bond acceptors (Lipinski definition) is 4. The van der Waals surface area contributed by atoms with Crippen molar-refractivity contribution in [3.05, 3.63) is 47.4 Å². The molecule has 1 amide bonds. The topological polar surface area (TPSA) is 75.5 Å². The van der Waals surface area contributed by atoms with E-state index in [1.54, 1.807) is 18.5 Å². The summed E-state index contributed by atoms with van der Waals surface area (Å²) in [7, 11) is -2.02. The van der Waals surface area contributed by atoms with E-state index in [1.807, 2.05) is 0 Å². The second kappa shape index (κ2) is 7.96. The van der Waals surface area contributed by atoms with E-state index < -0.39 is 21.7 Å². The van der Waals surface area contributed by atoms with E-state index in [9.17, 15) is 22.0 Å². The van der Waals surface area contributed by atoms with Crippen LogP contribution in [0.15, 0.2) is 29.4 Å². The molecule has 1 aliphatic rings. The molecule has 0 aliphatic carbocycles. The lowest BCUT2D eigenvalue weighted by Gasteiger charge is -2.21. The van der Waals surface area contributed by atoms with Crippen molar-refractivity contribution in [2.45, 2.75) is 24.8 Å². The van der Waals surface area contributed by atoms with E-state index in [2.05, 4.69) is 4.98 Å². The van der Waals surface area contributed by atoms with Gasteiger partial charge in [0, 0.05) is 45.5 Å². The van der Waals surface area contributed by atoms with Gasteiger partial charge in [0.1, 0.15) is 17.5 Å². The first-order chi connectivity index (χ1) is 13.2. The molecule has 7 nitrogen and oxygen atoms in total. The van der Waals surface area contributed by atoms with Crippen LogP contribution in [-0.4, -0.2) is 59.3 Å². The Hall–Kier alpha value is -2.33. The fourth-order valence-corrected chi connectivity index (χ4v) is 4.60. The Labute approximate surface area is 162 Å². The maximum atomic E-state index is 13.8. The molecule has 0 unspecified atom stereocenters. The fourth-order valence-electron chi connectivity index (χ4n) is 3.11. The molecule has 2 aromatic rings. The van der Waals surface area contributed by atoms with Gasteiger partial charge in [0.2, 0.25) is 5.91 Å². The second-order valence-corrected chi connectivity index (χ2v) is 8.67. The number of amides is 1. The van der Waals surface area contributed by atoms with Gasteiger partial charge in [-0.15, -0.1) is 0 Å². The van der Waals surface area contributed by atoms with Crippen LogP contribution < -0.4 is 0 Å². The van der Waals surface area contributed by atoms with E-state index >= 15 is 0 Å². The Kier molecular flexibility index (Phi) is 5.80. The van der Waals surface area contributed by atoms with Crippen molar-refractivity contribution in [2.24, 2.45) is 7.05 Å². The summed E-state index contributed by atoms with van der Waals surface area (Å²) < 4.78 is 55.4. The molecule has 0 bridgehead atoms. The number of carbonyl (C=O) groups excluding carboxylic acids is 1. The van der Waals surface area contributed by atoms with Crippen molar-refractivity contribution in [1.29, 1.82) is 0 Å². The Morgan fingerprint density at radius 3 is 2.57 bits per heavy atom. The molecular formula is C18H22F2N4O3S. The molecule has 10 heteroatoms. The van der Waals surface area contributed by atoms with Gasteiger partial charge in [0.05, 0.1) is 6.42 Å².